The van der Waals surface area contributed by atoms with Gasteiger partial charge in [0.05, 0.1) is 5.57 Å². The van der Waals surface area contributed by atoms with Gasteiger partial charge in [0, 0.05) is 13.0 Å². The molecule has 1 N–H and O–H groups in total. The number of rotatable bonds is 7. The topological polar surface area (TPSA) is 70.8 Å². The summed E-state index contributed by atoms with van der Waals surface area (Å²) in [6.45, 7) is 4.21. The van der Waals surface area contributed by atoms with Crippen LogP contribution in [0.25, 0.3) is 0 Å². The van der Waals surface area contributed by atoms with Gasteiger partial charge in [-0.05, 0) is 37.5 Å². The van der Waals surface area contributed by atoms with E-state index in [0.717, 1.165) is 12.0 Å². The van der Waals surface area contributed by atoms with Gasteiger partial charge in [-0.1, -0.05) is 37.3 Å². The van der Waals surface area contributed by atoms with E-state index in [2.05, 4.69) is 0 Å². The molecule has 0 saturated heterocycles. The van der Waals surface area contributed by atoms with E-state index in [1.165, 1.54) is 4.90 Å². The molecule has 136 valence electrons. The first kappa shape index (κ1) is 18.0. The molecule has 26 heavy (non-hydrogen) atoms. The van der Waals surface area contributed by atoms with Crippen molar-refractivity contribution in [1.29, 1.82) is 0 Å². The van der Waals surface area contributed by atoms with Gasteiger partial charge < -0.3 is 14.4 Å². The van der Waals surface area contributed by atoms with Crippen LogP contribution in [0.3, 0.4) is 0 Å². The van der Waals surface area contributed by atoms with Crippen LogP contribution in [-0.2, 0) is 16.0 Å². The Balaban J connectivity index is 1.88. The second kappa shape index (κ2) is 7.60. The Morgan fingerprint density at radius 2 is 1.92 bits per heavy atom. The lowest BCUT2D eigenvalue weighted by atomic mass is 9.96. The molecule has 0 fully saturated rings. The van der Waals surface area contributed by atoms with E-state index >= 15 is 0 Å². The second-order valence-corrected chi connectivity index (χ2v) is 6.52. The van der Waals surface area contributed by atoms with E-state index in [-0.39, 0.29) is 17.8 Å². The van der Waals surface area contributed by atoms with E-state index in [1.54, 1.807) is 12.1 Å². The van der Waals surface area contributed by atoms with Crippen molar-refractivity contribution in [2.75, 3.05) is 6.54 Å². The lowest BCUT2D eigenvalue weighted by Crippen LogP contribution is -2.31. The number of amides is 1. The van der Waals surface area contributed by atoms with Crippen LogP contribution in [0.5, 0.6) is 0 Å². The maximum atomic E-state index is 12.9. The lowest BCUT2D eigenvalue weighted by molar-refractivity contribution is -0.129. The van der Waals surface area contributed by atoms with Crippen molar-refractivity contribution in [3.05, 3.63) is 70.9 Å². The van der Waals surface area contributed by atoms with Crippen molar-refractivity contribution < 1.29 is 19.1 Å². The summed E-state index contributed by atoms with van der Waals surface area (Å²) in [7, 11) is 0. The Kier molecular flexibility index (Phi) is 5.26. The maximum absolute atomic E-state index is 12.9. The number of aliphatic hydroxyl groups is 1. The molecule has 2 heterocycles. The zero-order valence-corrected chi connectivity index (χ0v) is 15.1. The normalized spacial score (nSPS) is 17.2. The molecule has 1 amide bonds. The Hall–Kier alpha value is -2.82. The highest BCUT2D eigenvalue weighted by Gasteiger charge is 2.44. The number of hydrogen-bond acceptors (Lipinski definition) is 4. The van der Waals surface area contributed by atoms with Crippen LogP contribution in [0.15, 0.2) is 58.2 Å². The lowest BCUT2D eigenvalue weighted by Gasteiger charge is -2.24. The molecule has 5 heteroatoms. The smallest absolute Gasteiger partial charge is 0.290 e. The second-order valence-electron chi connectivity index (χ2n) is 6.52. The molecule has 1 atom stereocenters. The Labute approximate surface area is 152 Å². The van der Waals surface area contributed by atoms with Crippen molar-refractivity contribution in [2.45, 2.75) is 39.2 Å². The third-order valence-electron chi connectivity index (χ3n) is 4.58. The van der Waals surface area contributed by atoms with Crippen molar-refractivity contribution >= 4 is 11.7 Å². The Bertz CT molecular complexity index is 835. The summed E-state index contributed by atoms with van der Waals surface area (Å²) in [6, 6.07) is 12.6. The summed E-state index contributed by atoms with van der Waals surface area (Å²) in [6.07, 6.45) is 1.51. The average Bonchev–Trinajstić information content (AvgIpc) is 3.17. The summed E-state index contributed by atoms with van der Waals surface area (Å²) in [4.78, 5) is 26.9. The molecule has 0 radical (unpaired) electrons. The molecular formula is C21H23NO4. The zero-order chi connectivity index (χ0) is 18.7. The van der Waals surface area contributed by atoms with E-state index in [0.29, 0.717) is 24.5 Å². The third-order valence-corrected chi connectivity index (χ3v) is 4.58. The van der Waals surface area contributed by atoms with Gasteiger partial charge >= 0.3 is 0 Å². The number of hydrogen-bond donors (Lipinski definition) is 1. The van der Waals surface area contributed by atoms with Gasteiger partial charge in [-0.3, -0.25) is 9.59 Å². The highest BCUT2D eigenvalue weighted by atomic mass is 16.3. The number of carbonyl (C=O) groups excluding carboxylic acids is 2. The minimum Gasteiger partial charge on any atom is -0.503 e. The molecule has 5 nitrogen and oxygen atoms in total. The summed E-state index contributed by atoms with van der Waals surface area (Å²) < 4.78 is 5.69. The predicted octanol–water partition coefficient (Wildman–Crippen LogP) is 3.90. The fraction of sp³-hybridized carbons (Fsp3) is 0.333. The molecule has 1 unspecified atom stereocenters. The van der Waals surface area contributed by atoms with Crippen LogP contribution in [0.1, 0.15) is 42.9 Å². The third kappa shape index (κ3) is 3.43. The number of carbonyl (C=O) groups is 2. The standard InChI is InChI=1S/C21H23NO4/c1-3-13-22-19(17-12-9-14(2)26-17)18(20(24)21(22)25)16(23)11-10-15-7-5-4-6-8-15/h4-9,12,19,24H,3,10-11,13H2,1-2H3. The van der Waals surface area contributed by atoms with Crippen LogP contribution >= 0.6 is 0 Å². The number of furan rings is 1. The summed E-state index contributed by atoms with van der Waals surface area (Å²) in [5.41, 5.74) is 1.19. The largest absolute Gasteiger partial charge is 0.503 e. The molecule has 1 aliphatic heterocycles. The van der Waals surface area contributed by atoms with Gasteiger partial charge in [0.15, 0.2) is 11.5 Å². The van der Waals surface area contributed by atoms with Gasteiger partial charge in [-0.2, -0.15) is 0 Å². The Morgan fingerprint density at radius 3 is 2.54 bits per heavy atom. The number of aryl methyl sites for hydroxylation is 2. The molecule has 0 bridgehead atoms. The first-order valence-corrected chi connectivity index (χ1v) is 8.90. The van der Waals surface area contributed by atoms with E-state index in [4.69, 9.17) is 4.42 Å². The molecule has 0 spiro atoms. The SMILES string of the molecule is CCCN1C(=O)C(O)=C(C(=O)CCc2ccccc2)C1c1ccc(C)o1. The fourth-order valence-corrected chi connectivity index (χ4v) is 3.34. The summed E-state index contributed by atoms with van der Waals surface area (Å²) >= 11 is 0. The number of Topliss-reactive ketones (excluding diaryl/α,β-unsaturated/α-hetero) is 1. The van der Waals surface area contributed by atoms with Crippen molar-refractivity contribution in [2.24, 2.45) is 0 Å². The summed E-state index contributed by atoms with van der Waals surface area (Å²) in [5, 5.41) is 10.4. The maximum Gasteiger partial charge on any atom is 0.290 e. The monoisotopic (exact) mass is 353 g/mol. The quantitative estimate of drug-likeness (QED) is 0.820. The Morgan fingerprint density at radius 1 is 1.19 bits per heavy atom. The highest BCUT2D eigenvalue weighted by molar-refractivity contribution is 6.08. The van der Waals surface area contributed by atoms with Gasteiger partial charge in [-0.25, -0.2) is 0 Å². The van der Waals surface area contributed by atoms with Crippen LogP contribution in [0.2, 0.25) is 0 Å². The minimum absolute atomic E-state index is 0.147. The van der Waals surface area contributed by atoms with Crippen molar-refractivity contribution in [1.82, 2.24) is 4.90 Å². The minimum atomic E-state index is -0.653. The van der Waals surface area contributed by atoms with Gasteiger partial charge in [0.1, 0.15) is 17.6 Å². The van der Waals surface area contributed by atoms with Crippen LogP contribution < -0.4 is 0 Å². The molecular weight excluding hydrogens is 330 g/mol. The van der Waals surface area contributed by atoms with E-state index in [9.17, 15) is 14.7 Å². The zero-order valence-electron chi connectivity index (χ0n) is 15.1. The fourth-order valence-electron chi connectivity index (χ4n) is 3.34. The van der Waals surface area contributed by atoms with Gasteiger partial charge in [0.25, 0.3) is 5.91 Å². The van der Waals surface area contributed by atoms with Gasteiger partial charge in [0.2, 0.25) is 0 Å². The van der Waals surface area contributed by atoms with Crippen LogP contribution in [0, 0.1) is 6.92 Å². The van der Waals surface area contributed by atoms with Crippen LogP contribution in [0.4, 0.5) is 0 Å². The molecule has 1 aromatic heterocycles. The number of nitrogens with zero attached hydrogens (tertiary/aromatic N) is 1. The van der Waals surface area contributed by atoms with Crippen molar-refractivity contribution in [3.8, 4) is 0 Å². The predicted molar refractivity (Wildman–Crippen MR) is 97.6 cm³/mol. The molecule has 0 saturated carbocycles. The highest BCUT2D eigenvalue weighted by Crippen LogP contribution is 2.39. The molecule has 0 aliphatic carbocycles. The number of benzene rings is 1. The van der Waals surface area contributed by atoms with Gasteiger partial charge in [-0.15, -0.1) is 0 Å². The first-order chi connectivity index (χ1) is 12.5. The van der Waals surface area contributed by atoms with E-state index < -0.39 is 17.7 Å². The number of aliphatic hydroxyl groups excluding tert-OH is 1. The average molecular weight is 353 g/mol. The van der Waals surface area contributed by atoms with Crippen molar-refractivity contribution in [3.63, 3.8) is 0 Å². The molecule has 1 aromatic carbocycles. The summed E-state index contributed by atoms with van der Waals surface area (Å²) in [5.74, 6) is 0.0321. The van der Waals surface area contributed by atoms with E-state index in [1.807, 2.05) is 44.2 Å². The molecule has 1 aliphatic rings. The molecule has 3 rings (SSSR count). The first-order valence-electron chi connectivity index (χ1n) is 8.90. The number of ketones is 1. The molecule has 2 aromatic rings. The van der Waals surface area contributed by atoms with Crippen LogP contribution in [-0.4, -0.2) is 28.2 Å².